The van der Waals surface area contributed by atoms with Crippen LogP contribution in [0.3, 0.4) is 0 Å². The van der Waals surface area contributed by atoms with Crippen LogP contribution in [0.15, 0.2) is 48.7 Å². The summed E-state index contributed by atoms with van der Waals surface area (Å²) in [6.07, 6.45) is 7.13. The summed E-state index contributed by atoms with van der Waals surface area (Å²) >= 11 is 0. The average molecular weight is 434 g/mol. The van der Waals surface area contributed by atoms with Crippen LogP contribution in [0.25, 0.3) is 0 Å². The monoisotopic (exact) mass is 433 g/mol. The maximum absolute atomic E-state index is 14.0. The normalized spacial score (nSPS) is 31.3. The van der Waals surface area contributed by atoms with Gasteiger partial charge in [-0.3, -0.25) is 9.59 Å². The SMILES string of the molecule is CC(=O)N1[C@H]2CCCC[C@H]3N(C(=O)c4ncccc4O)[C@H](Cc4ccccc4)[C@@H]1C[C@@]23C. The molecule has 0 unspecified atom stereocenters. The van der Waals surface area contributed by atoms with Gasteiger partial charge in [-0.05, 0) is 43.4 Å². The fraction of sp³-hybridized carbons (Fsp3) is 0.500. The first-order valence-electron chi connectivity index (χ1n) is 11.7. The van der Waals surface area contributed by atoms with Gasteiger partial charge in [0.1, 0.15) is 5.75 Å². The van der Waals surface area contributed by atoms with Crippen molar-refractivity contribution in [3.8, 4) is 5.75 Å². The van der Waals surface area contributed by atoms with E-state index in [2.05, 4.69) is 28.9 Å². The van der Waals surface area contributed by atoms with E-state index in [-0.39, 0.29) is 52.8 Å². The van der Waals surface area contributed by atoms with Gasteiger partial charge in [-0.15, -0.1) is 0 Å². The molecule has 1 aromatic carbocycles. The number of carbonyl (C=O) groups is 2. The molecule has 2 aliphatic heterocycles. The zero-order valence-electron chi connectivity index (χ0n) is 18.8. The van der Waals surface area contributed by atoms with Crippen LogP contribution in [-0.2, 0) is 11.2 Å². The molecular weight excluding hydrogens is 402 g/mol. The first kappa shape index (κ1) is 21.0. The minimum Gasteiger partial charge on any atom is -0.505 e. The summed E-state index contributed by atoms with van der Waals surface area (Å²) in [5.41, 5.74) is 1.10. The molecule has 5 rings (SSSR count). The molecule has 6 nitrogen and oxygen atoms in total. The molecule has 168 valence electrons. The third-order valence-electron chi connectivity index (χ3n) is 8.08. The van der Waals surface area contributed by atoms with Gasteiger partial charge >= 0.3 is 0 Å². The first-order valence-corrected chi connectivity index (χ1v) is 11.7. The Kier molecular flexibility index (Phi) is 5.19. The Morgan fingerprint density at radius 3 is 2.41 bits per heavy atom. The van der Waals surface area contributed by atoms with Gasteiger partial charge in [-0.1, -0.05) is 50.1 Å². The van der Waals surface area contributed by atoms with Gasteiger partial charge in [0, 0.05) is 30.6 Å². The summed E-state index contributed by atoms with van der Waals surface area (Å²) in [6, 6.07) is 13.3. The predicted molar refractivity (Wildman–Crippen MR) is 121 cm³/mol. The number of likely N-dealkylation sites (tertiary alicyclic amines) is 2. The van der Waals surface area contributed by atoms with Gasteiger partial charge in [0.25, 0.3) is 5.91 Å². The third kappa shape index (κ3) is 3.19. The van der Waals surface area contributed by atoms with Crippen LogP contribution < -0.4 is 0 Å². The van der Waals surface area contributed by atoms with Crippen LogP contribution in [0.5, 0.6) is 5.75 Å². The molecule has 6 heteroatoms. The molecule has 3 aliphatic rings. The molecule has 1 saturated carbocycles. The maximum atomic E-state index is 14.0. The number of piperidine rings is 1. The Balaban J connectivity index is 1.65. The maximum Gasteiger partial charge on any atom is 0.276 e. The Bertz CT molecular complexity index is 1030. The molecule has 2 saturated heterocycles. The molecule has 5 atom stereocenters. The van der Waals surface area contributed by atoms with E-state index in [1.165, 1.54) is 6.07 Å². The Hall–Kier alpha value is -2.89. The highest BCUT2D eigenvalue weighted by atomic mass is 16.3. The fourth-order valence-corrected chi connectivity index (χ4v) is 6.78. The highest BCUT2D eigenvalue weighted by Crippen LogP contribution is 2.55. The fourth-order valence-electron chi connectivity index (χ4n) is 6.78. The summed E-state index contributed by atoms with van der Waals surface area (Å²) in [5.74, 6) is -0.221. The second-order valence-electron chi connectivity index (χ2n) is 9.86. The minimum absolute atomic E-state index is 0.0122. The van der Waals surface area contributed by atoms with Crippen molar-refractivity contribution in [1.29, 1.82) is 0 Å². The molecule has 3 heterocycles. The quantitative estimate of drug-likeness (QED) is 0.799. The van der Waals surface area contributed by atoms with Crippen molar-refractivity contribution in [3.05, 3.63) is 59.9 Å². The van der Waals surface area contributed by atoms with Crippen LogP contribution in [0.1, 0.15) is 62.0 Å². The van der Waals surface area contributed by atoms with E-state index in [1.807, 2.05) is 23.1 Å². The van der Waals surface area contributed by atoms with Gasteiger partial charge < -0.3 is 14.9 Å². The Morgan fingerprint density at radius 2 is 1.75 bits per heavy atom. The molecule has 2 amide bonds. The molecule has 0 spiro atoms. The molecular formula is C26H31N3O3. The number of benzene rings is 1. The van der Waals surface area contributed by atoms with Crippen LogP contribution >= 0.6 is 0 Å². The lowest BCUT2D eigenvalue weighted by Gasteiger charge is -2.50. The van der Waals surface area contributed by atoms with Gasteiger partial charge in [-0.25, -0.2) is 4.98 Å². The lowest BCUT2D eigenvalue weighted by molar-refractivity contribution is -0.133. The Morgan fingerprint density at radius 1 is 1.06 bits per heavy atom. The molecule has 1 aliphatic carbocycles. The van der Waals surface area contributed by atoms with Crippen molar-refractivity contribution in [2.24, 2.45) is 5.41 Å². The van der Waals surface area contributed by atoms with Crippen LogP contribution in [0.2, 0.25) is 0 Å². The van der Waals surface area contributed by atoms with Crippen LogP contribution in [0, 0.1) is 5.41 Å². The number of aromatic hydroxyl groups is 1. The minimum atomic E-state index is -0.226. The Labute approximate surface area is 189 Å². The van der Waals surface area contributed by atoms with E-state index in [0.717, 1.165) is 37.7 Å². The summed E-state index contributed by atoms with van der Waals surface area (Å²) in [5, 5.41) is 10.4. The average Bonchev–Trinajstić information content (AvgIpc) is 2.93. The summed E-state index contributed by atoms with van der Waals surface area (Å²) in [7, 11) is 0. The highest BCUT2D eigenvalue weighted by Gasteiger charge is 2.63. The van der Waals surface area contributed by atoms with Crippen molar-refractivity contribution >= 4 is 11.8 Å². The zero-order valence-corrected chi connectivity index (χ0v) is 18.8. The highest BCUT2D eigenvalue weighted by molar-refractivity contribution is 5.95. The molecule has 0 radical (unpaired) electrons. The molecule has 32 heavy (non-hydrogen) atoms. The number of carbonyl (C=O) groups excluding carboxylic acids is 2. The number of hydrogen-bond donors (Lipinski definition) is 1. The smallest absolute Gasteiger partial charge is 0.276 e. The molecule has 1 aromatic heterocycles. The van der Waals surface area contributed by atoms with Crippen molar-refractivity contribution in [2.75, 3.05) is 0 Å². The largest absolute Gasteiger partial charge is 0.505 e. The van der Waals surface area contributed by atoms with Gasteiger partial charge in [-0.2, -0.15) is 0 Å². The number of pyridine rings is 1. The van der Waals surface area contributed by atoms with Crippen molar-refractivity contribution in [2.45, 2.75) is 76.5 Å². The van der Waals surface area contributed by atoms with E-state index in [0.29, 0.717) is 6.42 Å². The standard InChI is InChI=1S/C26H31N3O3/c1-17(30)28-20-16-26(2)22(28)12-6-7-13-23(26)29(19(20)15-18-9-4-3-5-10-18)25(32)24-21(31)11-8-14-27-24/h3-5,8-11,14,19-20,22-23,31H,6-7,12-13,15-16H2,1-2H3/t19-,20+,22+,23-,26+/m1/s1. The molecule has 3 fully saturated rings. The molecule has 2 bridgehead atoms. The van der Waals surface area contributed by atoms with E-state index in [1.54, 1.807) is 19.2 Å². The predicted octanol–water partition coefficient (Wildman–Crippen LogP) is 3.79. The lowest BCUT2D eigenvalue weighted by Crippen LogP contribution is -2.62. The second kappa shape index (κ2) is 7.91. The van der Waals surface area contributed by atoms with E-state index in [4.69, 9.17) is 0 Å². The summed E-state index contributed by atoms with van der Waals surface area (Å²) < 4.78 is 0. The topological polar surface area (TPSA) is 73.7 Å². The first-order chi connectivity index (χ1) is 15.4. The van der Waals surface area contributed by atoms with Crippen molar-refractivity contribution < 1.29 is 14.7 Å². The number of aromatic nitrogens is 1. The third-order valence-corrected chi connectivity index (χ3v) is 8.08. The van der Waals surface area contributed by atoms with Crippen LogP contribution in [0.4, 0.5) is 0 Å². The van der Waals surface area contributed by atoms with Crippen molar-refractivity contribution in [3.63, 3.8) is 0 Å². The number of hydrogen-bond acceptors (Lipinski definition) is 4. The van der Waals surface area contributed by atoms with Gasteiger partial charge in [0.2, 0.25) is 5.91 Å². The number of fused-ring (bicyclic) bond motifs is 1. The number of amides is 2. The molecule has 1 N–H and O–H groups in total. The van der Waals surface area contributed by atoms with E-state index >= 15 is 0 Å². The second-order valence-corrected chi connectivity index (χ2v) is 9.86. The number of rotatable bonds is 3. The van der Waals surface area contributed by atoms with Crippen molar-refractivity contribution in [1.82, 2.24) is 14.8 Å². The lowest BCUT2D eigenvalue weighted by atomic mass is 9.69. The zero-order chi connectivity index (χ0) is 22.5. The number of nitrogens with zero attached hydrogens (tertiary/aromatic N) is 3. The molecule has 2 aromatic rings. The summed E-state index contributed by atoms with van der Waals surface area (Å²) in [4.78, 5) is 35.2. The summed E-state index contributed by atoms with van der Waals surface area (Å²) in [6.45, 7) is 3.93. The van der Waals surface area contributed by atoms with Crippen LogP contribution in [-0.4, -0.2) is 55.9 Å². The van der Waals surface area contributed by atoms with E-state index < -0.39 is 0 Å². The van der Waals surface area contributed by atoms with E-state index in [9.17, 15) is 14.7 Å². The van der Waals surface area contributed by atoms with Gasteiger partial charge in [0.15, 0.2) is 5.69 Å². The van der Waals surface area contributed by atoms with Gasteiger partial charge in [0.05, 0.1) is 12.1 Å².